The average molecular weight is 906 g/mol. The first kappa shape index (κ1) is 62.4. The molecule has 0 aromatic carbocycles. The maximum atomic E-state index is 12.8. The Balaban J connectivity index is 4.26. The minimum Gasteiger partial charge on any atom is -0.462 e. The first-order valence-corrected chi connectivity index (χ1v) is 28.7. The van der Waals surface area contributed by atoms with Crippen molar-refractivity contribution in [1.29, 1.82) is 0 Å². The van der Waals surface area contributed by atoms with Crippen LogP contribution in [0.5, 0.6) is 0 Å². The van der Waals surface area contributed by atoms with Gasteiger partial charge in [-0.15, -0.1) is 0 Å². The van der Waals surface area contributed by atoms with E-state index in [4.69, 9.17) is 14.2 Å². The van der Waals surface area contributed by atoms with Crippen LogP contribution in [-0.4, -0.2) is 37.2 Å². The first-order valence-electron chi connectivity index (χ1n) is 28.7. The molecule has 0 aliphatic heterocycles. The summed E-state index contributed by atoms with van der Waals surface area (Å²) in [7, 11) is 0. The van der Waals surface area contributed by atoms with E-state index in [1.807, 2.05) is 0 Å². The summed E-state index contributed by atoms with van der Waals surface area (Å²) < 4.78 is 16.9. The van der Waals surface area contributed by atoms with Crippen LogP contribution in [0.25, 0.3) is 0 Å². The lowest BCUT2D eigenvalue weighted by atomic mass is 10.0. The van der Waals surface area contributed by atoms with Crippen LogP contribution in [0.4, 0.5) is 0 Å². The van der Waals surface area contributed by atoms with Crippen LogP contribution in [0.1, 0.15) is 324 Å². The van der Waals surface area contributed by atoms with Gasteiger partial charge in [0.05, 0.1) is 0 Å². The van der Waals surface area contributed by atoms with E-state index in [9.17, 15) is 14.4 Å². The number of carbonyl (C=O) groups excluding carboxylic acids is 3. The van der Waals surface area contributed by atoms with Gasteiger partial charge < -0.3 is 14.2 Å². The first-order chi connectivity index (χ1) is 31.2. The Bertz CT molecular complexity index is 978. The lowest BCUT2D eigenvalue weighted by Crippen LogP contribution is -2.30. The van der Waals surface area contributed by atoms with E-state index in [1.54, 1.807) is 0 Å². The molecule has 6 nitrogen and oxygen atoms in total. The lowest BCUT2D eigenvalue weighted by Gasteiger charge is -2.18. The zero-order valence-corrected chi connectivity index (χ0v) is 43.9. The molecular weight excluding hydrogens is 793 g/mol. The van der Waals surface area contributed by atoms with Gasteiger partial charge in [-0.1, -0.05) is 285 Å². The summed E-state index contributed by atoms with van der Waals surface area (Å²) in [6.45, 7) is 11.4. The molecule has 0 heterocycles. The molecule has 0 aromatic rings. The van der Waals surface area contributed by atoms with E-state index < -0.39 is 6.10 Å². The Morgan fingerprint density at radius 1 is 0.297 bits per heavy atom. The minimum absolute atomic E-state index is 0.0633. The molecule has 0 rings (SSSR count). The summed E-state index contributed by atoms with van der Waals surface area (Å²) in [6.07, 6.45) is 53.9. The quantitative estimate of drug-likeness (QED) is 0.0344. The fourth-order valence-electron chi connectivity index (χ4n) is 8.87. The number of rotatable bonds is 52. The molecule has 1 atom stereocenters. The summed E-state index contributed by atoms with van der Waals surface area (Å²) >= 11 is 0. The third kappa shape index (κ3) is 51.4. The van der Waals surface area contributed by atoms with Gasteiger partial charge in [0.15, 0.2) is 6.10 Å². The average Bonchev–Trinajstić information content (AvgIpc) is 3.27. The van der Waals surface area contributed by atoms with Gasteiger partial charge in [0.1, 0.15) is 13.2 Å². The van der Waals surface area contributed by atoms with Crippen molar-refractivity contribution < 1.29 is 28.6 Å². The zero-order valence-electron chi connectivity index (χ0n) is 43.9. The van der Waals surface area contributed by atoms with Crippen LogP contribution in [0.2, 0.25) is 0 Å². The highest BCUT2D eigenvalue weighted by atomic mass is 16.6. The van der Waals surface area contributed by atoms with E-state index in [0.717, 1.165) is 69.6 Å². The molecule has 0 fully saturated rings. The Kier molecular flexibility index (Phi) is 49.6. The Hall–Kier alpha value is -1.59. The fourth-order valence-corrected chi connectivity index (χ4v) is 8.87. The molecule has 0 radical (unpaired) electrons. The van der Waals surface area contributed by atoms with Gasteiger partial charge in [0, 0.05) is 19.3 Å². The van der Waals surface area contributed by atoms with Crippen molar-refractivity contribution in [2.45, 2.75) is 330 Å². The molecule has 0 amide bonds. The van der Waals surface area contributed by atoms with Crippen molar-refractivity contribution in [2.75, 3.05) is 13.2 Å². The number of esters is 3. The highest BCUT2D eigenvalue weighted by Crippen LogP contribution is 2.18. The third-order valence-electron chi connectivity index (χ3n) is 13.2. The molecular formula is C58H112O6. The predicted molar refractivity (Wildman–Crippen MR) is 275 cm³/mol. The van der Waals surface area contributed by atoms with Crippen molar-refractivity contribution in [3.8, 4) is 0 Å². The largest absolute Gasteiger partial charge is 0.462 e. The summed E-state index contributed by atoms with van der Waals surface area (Å²) in [5, 5.41) is 0. The van der Waals surface area contributed by atoms with Gasteiger partial charge in [-0.05, 0) is 31.1 Å². The standard InChI is InChI=1S/C58H112O6/c1-6-7-8-9-10-11-12-13-14-15-16-17-18-21-25-28-35-40-45-50-58(61)64-55(52-63-57(60)49-44-39-34-30-29-32-37-42-47-54(4)5)51-62-56(59)48-43-38-33-27-24-22-19-20-23-26-31-36-41-46-53(2)3/h53-55H,6-52H2,1-5H3/t55-/m1/s1. The smallest absolute Gasteiger partial charge is 0.306 e. The zero-order chi connectivity index (χ0) is 46.8. The summed E-state index contributed by atoms with van der Waals surface area (Å²) in [4.78, 5) is 38.1. The molecule has 0 aliphatic rings. The molecule has 0 aliphatic carbocycles. The van der Waals surface area contributed by atoms with Crippen molar-refractivity contribution >= 4 is 17.9 Å². The summed E-state index contributed by atoms with van der Waals surface area (Å²) in [5.74, 6) is 0.793. The number of hydrogen-bond donors (Lipinski definition) is 0. The molecule has 0 saturated carbocycles. The monoisotopic (exact) mass is 905 g/mol. The Morgan fingerprint density at radius 3 is 0.766 bits per heavy atom. The van der Waals surface area contributed by atoms with Gasteiger partial charge in [0.25, 0.3) is 0 Å². The second kappa shape index (κ2) is 50.8. The van der Waals surface area contributed by atoms with E-state index in [0.29, 0.717) is 19.3 Å². The molecule has 0 aromatic heterocycles. The fraction of sp³-hybridized carbons (Fsp3) is 0.948. The summed E-state index contributed by atoms with van der Waals surface area (Å²) in [5.41, 5.74) is 0. The van der Waals surface area contributed by atoms with Gasteiger partial charge >= 0.3 is 17.9 Å². The van der Waals surface area contributed by atoms with Gasteiger partial charge in [-0.3, -0.25) is 14.4 Å². The lowest BCUT2D eigenvalue weighted by molar-refractivity contribution is -0.167. The molecule has 0 spiro atoms. The second-order valence-corrected chi connectivity index (χ2v) is 20.9. The van der Waals surface area contributed by atoms with E-state index in [1.165, 1.54) is 212 Å². The van der Waals surface area contributed by atoms with Crippen molar-refractivity contribution in [2.24, 2.45) is 11.8 Å². The maximum Gasteiger partial charge on any atom is 0.306 e. The Labute approximate surface area is 399 Å². The highest BCUT2D eigenvalue weighted by molar-refractivity contribution is 5.71. The minimum atomic E-state index is -0.763. The van der Waals surface area contributed by atoms with Crippen LogP contribution in [0.3, 0.4) is 0 Å². The molecule has 0 unspecified atom stereocenters. The van der Waals surface area contributed by atoms with E-state index in [-0.39, 0.29) is 31.1 Å². The second-order valence-electron chi connectivity index (χ2n) is 20.9. The number of hydrogen-bond acceptors (Lipinski definition) is 6. The molecule has 380 valence electrons. The topological polar surface area (TPSA) is 78.9 Å². The maximum absolute atomic E-state index is 12.8. The summed E-state index contributed by atoms with van der Waals surface area (Å²) in [6, 6.07) is 0. The van der Waals surface area contributed by atoms with E-state index >= 15 is 0 Å². The molecule has 6 heteroatoms. The molecule has 0 N–H and O–H groups in total. The van der Waals surface area contributed by atoms with Crippen LogP contribution in [-0.2, 0) is 28.6 Å². The van der Waals surface area contributed by atoms with E-state index in [2.05, 4.69) is 34.6 Å². The highest BCUT2D eigenvalue weighted by Gasteiger charge is 2.19. The van der Waals surface area contributed by atoms with Crippen molar-refractivity contribution in [3.05, 3.63) is 0 Å². The number of unbranched alkanes of at least 4 members (excludes halogenated alkanes) is 37. The molecule has 0 saturated heterocycles. The van der Waals surface area contributed by atoms with Crippen molar-refractivity contribution in [1.82, 2.24) is 0 Å². The normalized spacial score (nSPS) is 12.0. The van der Waals surface area contributed by atoms with Crippen LogP contribution >= 0.6 is 0 Å². The van der Waals surface area contributed by atoms with Crippen LogP contribution in [0.15, 0.2) is 0 Å². The number of ether oxygens (including phenoxy) is 3. The van der Waals surface area contributed by atoms with Gasteiger partial charge in [0.2, 0.25) is 0 Å². The third-order valence-corrected chi connectivity index (χ3v) is 13.2. The van der Waals surface area contributed by atoms with Crippen molar-refractivity contribution in [3.63, 3.8) is 0 Å². The van der Waals surface area contributed by atoms with Crippen LogP contribution < -0.4 is 0 Å². The van der Waals surface area contributed by atoms with Gasteiger partial charge in [-0.25, -0.2) is 0 Å². The SMILES string of the molecule is CCCCCCCCCCCCCCCCCCCCCC(=O)O[C@H](COC(=O)CCCCCCCCCCCCCCCC(C)C)COC(=O)CCCCCCCCCCC(C)C. The van der Waals surface area contributed by atoms with Gasteiger partial charge in [-0.2, -0.15) is 0 Å². The molecule has 0 bridgehead atoms. The Morgan fingerprint density at radius 2 is 0.516 bits per heavy atom. The number of carbonyl (C=O) groups is 3. The van der Waals surface area contributed by atoms with Crippen LogP contribution in [0, 0.1) is 11.8 Å². The molecule has 64 heavy (non-hydrogen) atoms. The predicted octanol–water partition coefficient (Wildman–Crippen LogP) is 18.9.